The average molecular weight is 824 g/mol. The predicted molar refractivity (Wildman–Crippen MR) is 211 cm³/mol. The van der Waals surface area contributed by atoms with Gasteiger partial charge >= 0.3 is 312 Å². The minimum atomic E-state index is -3.67. The van der Waals surface area contributed by atoms with Crippen LogP contribution < -0.4 is 9.47 Å². The molecular formula is C41H72O7SiSn. The van der Waals surface area contributed by atoms with E-state index in [1.165, 1.54) is 0 Å². The Hall–Kier alpha value is -1.07. The third kappa shape index (κ3) is 7.24. The molecule has 0 spiro atoms. The number of fused-ring (bicyclic) bond motifs is 2. The summed E-state index contributed by atoms with van der Waals surface area (Å²) in [6, 6.07) is 6.22. The van der Waals surface area contributed by atoms with Gasteiger partial charge in [-0.05, 0) is 0 Å². The normalized spacial score (nSPS) is 23.8. The number of carbonyl (C=O) groups excluding carboxylic acids is 1. The third-order valence-electron chi connectivity index (χ3n) is 12.9. The van der Waals surface area contributed by atoms with Gasteiger partial charge in [-0.1, -0.05) is 0 Å². The molecule has 4 atom stereocenters. The van der Waals surface area contributed by atoms with Crippen LogP contribution in [0, 0.1) is 5.92 Å². The van der Waals surface area contributed by atoms with Crippen LogP contribution >= 0.6 is 0 Å². The van der Waals surface area contributed by atoms with Gasteiger partial charge in [0.2, 0.25) is 0 Å². The van der Waals surface area contributed by atoms with Crippen LogP contribution in [-0.4, -0.2) is 79.9 Å². The van der Waals surface area contributed by atoms with E-state index in [2.05, 4.69) is 74.4 Å². The number of rotatable bonds is 21. The fraction of sp³-hybridized carbons (Fsp3) is 0.780. The van der Waals surface area contributed by atoms with Gasteiger partial charge < -0.3 is 0 Å². The van der Waals surface area contributed by atoms with Crippen LogP contribution in [0.4, 0.5) is 0 Å². The first-order valence-electron chi connectivity index (χ1n) is 19.6. The van der Waals surface area contributed by atoms with E-state index in [4.69, 9.17) is 28.1 Å². The van der Waals surface area contributed by atoms with Gasteiger partial charge in [0.05, 0.1) is 0 Å². The molecule has 2 aliphatic rings. The molecule has 0 heterocycles. The maximum atomic E-state index is 15.6. The first-order valence-corrected chi connectivity index (χ1v) is 29.2. The standard InChI is InChI=1S/C29H45O7Si.3C4H9.Sn/c1-17(2)37(18(3)4,19(5)6)36-25-15-21-22(30)16-26(33-9)28(29(21,34-10)35-11)27(25)20-12-13-23(31-7)24(14-20)32-8;3*1-3-4-2;/h12-14,16-19,25,27-28H,15H2,1-11H3;3*1,3-4H2,2H3;/t25-,27+,28+;;;;/m0..../s1. The van der Waals surface area contributed by atoms with Crippen molar-refractivity contribution in [3.63, 3.8) is 0 Å². The molecule has 0 amide bonds. The van der Waals surface area contributed by atoms with E-state index in [0.717, 1.165) is 57.4 Å². The van der Waals surface area contributed by atoms with E-state index in [1.807, 2.05) is 12.1 Å². The molecule has 1 aromatic rings. The Kier molecular flexibility index (Phi) is 15.9. The average Bonchev–Trinajstić information content (AvgIpc) is 3.10. The molecule has 3 rings (SSSR count). The second kappa shape index (κ2) is 18.3. The van der Waals surface area contributed by atoms with E-state index >= 15 is 4.79 Å². The van der Waals surface area contributed by atoms with Gasteiger partial charge in [-0.3, -0.25) is 0 Å². The molecule has 0 radical (unpaired) electrons. The second-order valence-electron chi connectivity index (χ2n) is 16.0. The van der Waals surface area contributed by atoms with Crippen LogP contribution in [0.3, 0.4) is 0 Å². The van der Waals surface area contributed by atoms with Crippen molar-refractivity contribution in [3.05, 3.63) is 35.6 Å². The summed E-state index contributed by atoms with van der Waals surface area (Å²) in [6.45, 7) is 21.0. The molecule has 1 fully saturated rings. The molecule has 286 valence electrons. The van der Waals surface area contributed by atoms with Crippen LogP contribution in [0.25, 0.3) is 0 Å². The maximum absolute atomic E-state index is 15.6. The first kappa shape index (κ1) is 43.3. The summed E-state index contributed by atoms with van der Waals surface area (Å²) in [5.74, 6) is 0.278. The van der Waals surface area contributed by atoms with Gasteiger partial charge in [0, 0.05) is 0 Å². The zero-order chi connectivity index (χ0) is 37.5. The summed E-state index contributed by atoms with van der Waals surface area (Å²) in [5.41, 5.74) is 2.19. The summed E-state index contributed by atoms with van der Waals surface area (Å²) in [7, 11) is 6.13. The number of ketones is 1. The SMILES string of the molecule is CCC[CH2][Sn]([CH2]CCC)([CH2]CCC)[C@@]12C[C@H](O[Si](C(C)C)(C(C)C)C(C)C)[C@@H](c3ccc(OC)c(OC)c3)[C@@H](C(OC)=CC1=O)C2(OC)OC. The molecule has 7 nitrogen and oxygen atoms in total. The Labute approximate surface area is 310 Å². The van der Waals surface area contributed by atoms with Crippen molar-refractivity contribution in [2.45, 2.75) is 158 Å². The Morgan fingerprint density at radius 1 is 0.760 bits per heavy atom. The summed E-state index contributed by atoms with van der Waals surface area (Å²) < 4.78 is 42.3. The number of methoxy groups -OCH3 is 5. The fourth-order valence-electron chi connectivity index (χ4n) is 10.8. The molecular weight excluding hydrogens is 751 g/mol. The van der Waals surface area contributed by atoms with Crippen molar-refractivity contribution < 1.29 is 32.9 Å². The van der Waals surface area contributed by atoms with Crippen LogP contribution in [0.2, 0.25) is 33.4 Å². The molecule has 2 bridgehead atoms. The van der Waals surface area contributed by atoms with Gasteiger partial charge in [0.15, 0.2) is 0 Å². The van der Waals surface area contributed by atoms with E-state index in [-0.39, 0.29) is 17.8 Å². The number of hydrogen-bond acceptors (Lipinski definition) is 7. The third-order valence-corrected chi connectivity index (χ3v) is 37.7. The molecule has 50 heavy (non-hydrogen) atoms. The monoisotopic (exact) mass is 824 g/mol. The van der Waals surface area contributed by atoms with Gasteiger partial charge in [0.25, 0.3) is 0 Å². The van der Waals surface area contributed by atoms with E-state index < -0.39 is 41.8 Å². The van der Waals surface area contributed by atoms with Crippen molar-refractivity contribution in [1.29, 1.82) is 0 Å². The number of benzene rings is 1. The number of ether oxygens (including phenoxy) is 5. The summed E-state index contributed by atoms with van der Waals surface area (Å²) in [4.78, 5) is 15.6. The molecule has 1 aromatic carbocycles. The number of allylic oxidation sites excluding steroid dienone is 1. The van der Waals surface area contributed by atoms with Gasteiger partial charge in [-0.15, -0.1) is 0 Å². The van der Waals surface area contributed by atoms with Gasteiger partial charge in [0.1, 0.15) is 0 Å². The van der Waals surface area contributed by atoms with Gasteiger partial charge in [-0.2, -0.15) is 0 Å². The quantitative estimate of drug-likeness (QED) is 0.0903. The first-order chi connectivity index (χ1) is 23.8. The number of hydrogen-bond donors (Lipinski definition) is 0. The predicted octanol–water partition coefficient (Wildman–Crippen LogP) is 11.1. The molecule has 0 aromatic heterocycles. The topological polar surface area (TPSA) is 72.5 Å². The molecule has 0 unspecified atom stereocenters. The molecule has 9 heteroatoms. The molecule has 0 saturated heterocycles. The van der Waals surface area contributed by atoms with E-state index in [9.17, 15) is 0 Å². The Morgan fingerprint density at radius 2 is 1.26 bits per heavy atom. The Bertz CT molecular complexity index is 1230. The van der Waals surface area contributed by atoms with Crippen LogP contribution in [-0.2, 0) is 23.4 Å². The van der Waals surface area contributed by atoms with Crippen LogP contribution in [0.15, 0.2) is 30.0 Å². The Balaban J connectivity index is 2.60. The molecule has 0 aliphatic heterocycles. The second-order valence-corrected chi connectivity index (χ2v) is 35.4. The molecule has 2 aliphatic carbocycles. The summed E-state index contributed by atoms with van der Waals surface area (Å²) in [6.07, 6.45) is 8.91. The summed E-state index contributed by atoms with van der Waals surface area (Å²) >= 11 is -3.67. The van der Waals surface area contributed by atoms with Gasteiger partial charge in [-0.25, -0.2) is 0 Å². The van der Waals surface area contributed by atoms with E-state index in [0.29, 0.717) is 40.3 Å². The molecule has 1 saturated carbocycles. The van der Waals surface area contributed by atoms with E-state index in [1.54, 1.807) is 35.5 Å². The van der Waals surface area contributed by atoms with Crippen LogP contribution in [0.5, 0.6) is 11.5 Å². The van der Waals surface area contributed by atoms with Crippen LogP contribution in [0.1, 0.15) is 119 Å². The van der Waals surface area contributed by atoms with Crippen molar-refractivity contribution in [1.82, 2.24) is 0 Å². The van der Waals surface area contributed by atoms with Crippen molar-refractivity contribution in [3.8, 4) is 11.5 Å². The zero-order valence-electron chi connectivity index (χ0n) is 34.2. The van der Waals surface area contributed by atoms with Crippen molar-refractivity contribution in [2.75, 3.05) is 35.5 Å². The number of carbonyl (C=O) groups is 1. The van der Waals surface area contributed by atoms with Crippen molar-refractivity contribution >= 4 is 32.5 Å². The Morgan fingerprint density at radius 3 is 1.66 bits per heavy atom. The minimum absolute atomic E-state index is 0.152. The molecule has 0 N–H and O–H groups in total. The number of unbranched alkanes of at least 4 members (excludes halogenated alkanes) is 3. The van der Waals surface area contributed by atoms with Crippen molar-refractivity contribution in [2.24, 2.45) is 5.92 Å². The summed E-state index contributed by atoms with van der Waals surface area (Å²) in [5, 5.41) is 0. The zero-order valence-corrected chi connectivity index (χ0v) is 38.1. The fourth-order valence-corrected chi connectivity index (χ4v) is 37.6.